The van der Waals surface area contributed by atoms with Crippen LogP contribution in [0.2, 0.25) is 0 Å². The van der Waals surface area contributed by atoms with E-state index in [1.807, 2.05) is 31.2 Å². The zero-order valence-electron chi connectivity index (χ0n) is 9.05. The molecule has 2 nitrogen and oxygen atoms in total. The smallest absolute Gasteiger partial charge is 0.123 e. The highest BCUT2D eigenvalue weighted by Gasteiger charge is 2.17. The third-order valence-corrected chi connectivity index (χ3v) is 3.55. The van der Waals surface area contributed by atoms with Gasteiger partial charge in [-0.15, -0.1) is 17.1 Å². The van der Waals surface area contributed by atoms with E-state index >= 15 is 0 Å². The summed E-state index contributed by atoms with van der Waals surface area (Å²) in [4.78, 5) is 4.42. The van der Waals surface area contributed by atoms with Gasteiger partial charge in [0.25, 0.3) is 0 Å². The summed E-state index contributed by atoms with van der Waals surface area (Å²) in [5.41, 5.74) is 3.63. The molecule has 0 bridgehead atoms. The van der Waals surface area contributed by atoms with E-state index in [4.69, 9.17) is 0 Å². The Balaban J connectivity index is 2.36. The van der Waals surface area contributed by atoms with Crippen molar-refractivity contribution < 1.29 is 5.11 Å². The van der Waals surface area contributed by atoms with Gasteiger partial charge in [-0.1, -0.05) is 25.6 Å². The third kappa shape index (κ3) is 2.07. The lowest BCUT2D eigenvalue weighted by Crippen LogP contribution is -2.05. The molecule has 2 unspecified atom stereocenters. The number of aliphatic hydroxyl groups is 1. The van der Waals surface area contributed by atoms with Gasteiger partial charge in [-0.2, -0.15) is 0 Å². The summed E-state index contributed by atoms with van der Waals surface area (Å²) in [6.45, 7) is 5.44. The molecule has 2 atom stereocenters. The molecule has 1 N–H and O–H groups in total. The summed E-state index contributed by atoms with van der Waals surface area (Å²) < 4.78 is 1.10. The van der Waals surface area contributed by atoms with Crippen LogP contribution >= 0.6 is 11.3 Å². The van der Waals surface area contributed by atoms with Crippen LogP contribution in [0.5, 0.6) is 0 Å². The van der Waals surface area contributed by atoms with E-state index in [-0.39, 0.29) is 5.92 Å². The molecular formula is C13H13NOS. The molecule has 2 rings (SSSR count). The zero-order valence-corrected chi connectivity index (χ0v) is 9.87. The van der Waals surface area contributed by atoms with Crippen LogP contribution in [-0.2, 0) is 0 Å². The molecule has 0 radical (unpaired) electrons. The minimum Gasteiger partial charge on any atom is -0.385 e. The van der Waals surface area contributed by atoms with Gasteiger partial charge >= 0.3 is 0 Å². The highest BCUT2D eigenvalue weighted by Crippen LogP contribution is 2.30. The Kier molecular flexibility index (Phi) is 3.20. The van der Waals surface area contributed by atoms with Gasteiger partial charge in [0, 0.05) is 5.92 Å². The lowest BCUT2D eigenvalue weighted by atomic mass is 10.1. The van der Waals surface area contributed by atoms with E-state index in [1.54, 1.807) is 6.08 Å². The Hall–Kier alpha value is -1.41. The van der Waals surface area contributed by atoms with Crippen LogP contribution in [0.25, 0.3) is 10.2 Å². The Morgan fingerprint density at radius 2 is 2.25 bits per heavy atom. The topological polar surface area (TPSA) is 33.1 Å². The quantitative estimate of drug-likeness (QED) is 0.822. The van der Waals surface area contributed by atoms with Gasteiger partial charge in [-0.05, 0) is 18.2 Å². The molecule has 0 saturated carbocycles. The van der Waals surface area contributed by atoms with E-state index < -0.39 is 6.10 Å². The highest BCUT2D eigenvalue weighted by atomic mass is 32.1. The van der Waals surface area contributed by atoms with Crippen molar-refractivity contribution >= 4 is 21.6 Å². The molecule has 0 aliphatic carbocycles. The predicted molar refractivity (Wildman–Crippen MR) is 67.5 cm³/mol. The molecule has 16 heavy (non-hydrogen) atoms. The van der Waals surface area contributed by atoms with Crippen molar-refractivity contribution in [2.45, 2.75) is 13.0 Å². The minimum absolute atomic E-state index is 0.0157. The molecule has 82 valence electrons. The van der Waals surface area contributed by atoms with Crippen molar-refractivity contribution in [1.82, 2.24) is 4.98 Å². The summed E-state index contributed by atoms with van der Waals surface area (Å²) in [6.07, 6.45) is 1.18. The summed E-state index contributed by atoms with van der Waals surface area (Å²) in [7, 11) is 0. The summed E-state index contributed by atoms with van der Waals surface area (Å²) in [5, 5.41) is 10.8. The number of hydrogen-bond acceptors (Lipinski definition) is 3. The van der Waals surface area contributed by atoms with Crippen molar-refractivity contribution in [2.75, 3.05) is 0 Å². The molecular weight excluding hydrogens is 218 g/mol. The number of aliphatic hydroxyl groups excluding tert-OH is 1. The zero-order chi connectivity index (χ0) is 11.5. The second-order valence-electron chi connectivity index (χ2n) is 3.69. The van der Waals surface area contributed by atoms with E-state index in [0.717, 1.165) is 15.2 Å². The Bertz CT molecular complexity index is 507. The van der Waals surface area contributed by atoms with E-state index in [9.17, 15) is 5.11 Å². The van der Waals surface area contributed by atoms with Crippen LogP contribution in [0, 0.1) is 5.92 Å². The van der Waals surface area contributed by atoms with Crippen LogP contribution in [0.15, 0.2) is 42.7 Å². The number of thiazole rings is 1. The van der Waals surface area contributed by atoms with Crippen LogP contribution in [0.1, 0.15) is 18.0 Å². The van der Waals surface area contributed by atoms with Crippen molar-refractivity contribution in [3.8, 4) is 0 Å². The summed E-state index contributed by atoms with van der Waals surface area (Å²) >= 11 is 1.53. The fourth-order valence-electron chi connectivity index (χ4n) is 1.52. The van der Waals surface area contributed by atoms with Crippen LogP contribution in [0.3, 0.4) is 0 Å². The second kappa shape index (κ2) is 4.62. The highest BCUT2D eigenvalue weighted by molar-refractivity contribution is 7.18. The first kappa shape index (κ1) is 11.1. The first-order valence-corrected chi connectivity index (χ1v) is 5.93. The second-order valence-corrected chi connectivity index (χ2v) is 4.76. The number of hydrogen-bond donors (Lipinski definition) is 1. The molecule has 2 aromatic rings. The predicted octanol–water partition coefficient (Wildman–Crippen LogP) is 3.31. The van der Waals surface area contributed by atoms with Gasteiger partial charge in [0.15, 0.2) is 0 Å². The maximum Gasteiger partial charge on any atom is 0.123 e. The first-order valence-electron chi connectivity index (χ1n) is 5.12. The molecule has 3 heteroatoms. The molecule has 0 spiro atoms. The van der Waals surface area contributed by atoms with Gasteiger partial charge in [0.1, 0.15) is 11.1 Å². The normalized spacial score (nSPS) is 14.4. The van der Waals surface area contributed by atoms with E-state index in [2.05, 4.69) is 17.3 Å². The molecule has 0 aliphatic heterocycles. The monoisotopic (exact) mass is 231 g/mol. The largest absolute Gasteiger partial charge is 0.385 e. The Labute approximate surface area is 98.6 Å². The SMILES string of the molecule is C=C=CC(C)C(O)c1nc2ccccc2s1. The number of rotatable bonds is 3. The van der Waals surface area contributed by atoms with Gasteiger partial charge in [0.05, 0.1) is 10.2 Å². The first-order chi connectivity index (χ1) is 7.72. The fourth-order valence-corrected chi connectivity index (χ4v) is 2.59. The summed E-state index contributed by atoms with van der Waals surface area (Å²) in [6, 6.07) is 7.89. The lowest BCUT2D eigenvalue weighted by molar-refractivity contribution is 0.139. The van der Waals surface area contributed by atoms with Crippen molar-refractivity contribution in [3.63, 3.8) is 0 Å². The van der Waals surface area contributed by atoms with E-state index in [0.29, 0.717) is 0 Å². The molecule has 0 amide bonds. The summed E-state index contributed by atoms with van der Waals surface area (Å²) in [5.74, 6) is -0.0157. The molecule has 0 aliphatic rings. The van der Waals surface area contributed by atoms with E-state index in [1.165, 1.54) is 11.3 Å². The maximum absolute atomic E-state index is 10.1. The molecule has 1 heterocycles. The van der Waals surface area contributed by atoms with Gasteiger partial charge < -0.3 is 5.11 Å². The number of fused-ring (bicyclic) bond motifs is 1. The van der Waals surface area contributed by atoms with Crippen molar-refractivity contribution in [2.24, 2.45) is 5.92 Å². The molecule has 1 aromatic carbocycles. The average molecular weight is 231 g/mol. The maximum atomic E-state index is 10.1. The fraction of sp³-hybridized carbons (Fsp3) is 0.231. The van der Waals surface area contributed by atoms with Gasteiger partial charge in [-0.3, -0.25) is 0 Å². The number of benzene rings is 1. The average Bonchev–Trinajstić information content (AvgIpc) is 2.71. The molecule has 0 fully saturated rings. The molecule has 1 aromatic heterocycles. The minimum atomic E-state index is -0.577. The lowest BCUT2D eigenvalue weighted by Gasteiger charge is -2.10. The van der Waals surface area contributed by atoms with Gasteiger partial charge in [0.2, 0.25) is 0 Å². The third-order valence-electron chi connectivity index (χ3n) is 2.44. The van der Waals surface area contributed by atoms with Crippen molar-refractivity contribution in [1.29, 1.82) is 0 Å². The Morgan fingerprint density at radius 3 is 2.94 bits per heavy atom. The van der Waals surface area contributed by atoms with Crippen LogP contribution in [-0.4, -0.2) is 10.1 Å². The number of nitrogens with zero attached hydrogens (tertiary/aromatic N) is 1. The van der Waals surface area contributed by atoms with Crippen LogP contribution in [0.4, 0.5) is 0 Å². The van der Waals surface area contributed by atoms with Crippen molar-refractivity contribution in [3.05, 3.63) is 47.7 Å². The number of aromatic nitrogens is 1. The number of para-hydroxylation sites is 1. The van der Waals surface area contributed by atoms with Gasteiger partial charge in [-0.25, -0.2) is 4.98 Å². The Morgan fingerprint density at radius 1 is 1.50 bits per heavy atom. The standard InChI is InChI=1S/C13H13NOS/c1-3-6-9(2)12(15)13-14-10-7-4-5-8-11(10)16-13/h4-9,12,15H,1H2,2H3. The molecule has 0 saturated heterocycles. The van der Waals surface area contributed by atoms with Crippen LogP contribution < -0.4 is 0 Å².